The maximum atomic E-state index is 13.6. The largest absolute Gasteiger partial charge is 0.484 e. The predicted molar refractivity (Wildman–Crippen MR) is 138 cm³/mol. The van der Waals surface area contributed by atoms with Gasteiger partial charge in [-0.05, 0) is 63.4 Å². The molecule has 0 spiro atoms. The van der Waals surface area contributed by atoms with Gasteiger partial charge >= 0.3 is 12.3 Å². The Morgan fingerprint density at radius 2 is 1.73 bits per heavy atom. The van der Waals surface area contributed by atoms with Gasteiger partial charge < -0.3 is 20.1 Å². The molecular formula is C27H30ClF4N3O5. The van der Waals surface area contributed by atoms with Gasteiger partial charge in [0, 0.05) is 25.2 Å². The van der Waals surface area contributed by atoms with Crippen LogP contribution in [0.3, 0.4) is 0 Å². The standard InChI is InChI=1S/C27H30ClF4N3O5/c1-26(2,3)40-25(38)35-14-18(34-23(36)15-39-19-9-10-20(28)21(29)12-19)8-11-22(35)24(37)33-13-16-4-6-17(7-5-16)27(30,31)32/h4-7,9-10,12,18,22H,8,11,13-15H2,1-3H3,(H,33,37)(H,34,36)/t18-,22+/m0/s1. The van der Waals surface area contributed by atoms with Crippen LogP contribution >= 0.6 is 11.6 Å². The summed E-state index contributed by atoms with van der Waals surface area (Å²) >= 11 is 5.64. The average Bonchev–Trinajstić information content (AvgIpc) is 2.86. The number of nitrogens with one attached hydrogen (secondary N) is 2. The Labute approximate surface area is 233 Å². The number of benzene rings is 2. The molecule has 0 unspecified atom stereocenters. The van der Waals surface area contributed by atoms with Crippen LogP contribution < -0.4 is 15.4 Å². The summed E-state index contributed by atoms with van der Waals surface area (Å²) in [5.41, 5.74) is -1.20. The first kappa shape index (κ1) is 31.0. The molecule has 0 bridgehead atoms. The first-order valence-corrected chi connectivity index (χ1v) is 12.8. The van der Waals surface area contributed by atoms with Crippen molar-refractivity contribution in [3.05, 3.63) is 64.4 Å². The minimum absolute atomic E-state index is 0.0331. The fraction of sp³-hybridized carbons (Fsp3) is 0.444. The topological polar surface area (TPSA) is 97.0 Å². The van der Waals surface area contributed by atoms with Gasteiger partial charge in [-0.15, -0.1) is 0 Å². The number of hydrogen-bond acceptors (Lipinski definition) is 5. The number of carbonyl (C=O) groups is 3. The smallest absolute Gasteiger partial charge is 0.416 e. The number of hydrogen-bond donors (Lipinski definition) is 2. The van der Waals surface area contributed by atoms with Gasteiger partial charge in [-0.3, -0.25) is 14.5 Å². The van der Waals surface area contributed by atoms with Crippen LogP contribution in [0.1, 0.15) is 44.7 Å². The predicted octanol–water partition coefficient (Wildman–Crippen LogP) is 5.08. The van der Waals surface area contributed by atoms with Crippen molar-refractivity contribution >= 4 is 29.5 Å². The second-order valence-corrected chi connectivity index (χ2v) is 10.7. The van der Waals surface area contributed by atoms with Crippen molar-refractivity contribution in [1.29, 1.82) is 0 Å². The molecule has 2 aromatic carbocycles. The van der Waals surface area contributed by atoms with Crippen molar-refractivity contribution in [2.75, 3.05) is 13.2 Å². The van der Waals surface area contributed by atoms with E-state index in [1.165, 1.54) is 29.2 Å². The van der Waals surface area contributed by atoms with Crippen LogP contribution in [0.4, 0.5) is 22.4 Å². The molecule has 3 amide bonds. The molecule has 218 valence electrons. The molecule has 0 aromatic heterocycles. The van der Waals surface area contributed by atoms with Gasteiger partial charge in [-0.1, -0.05) is 23.7 Å². The highest BCUT2D eigenvalue weighted by Gasteiger charge is 2.38. The van der Waals surface area contributed by atoms with E-state index in [1.54, 1.807) is 20.8 Å². The van der Waals surface area contributed by atoms with Gasteiger partial charge in [0.05, 0.1) is 10.6 Å². The zero-order valence-electron chi connectivity index (χ0n) is 22.1. The van der Waals surface area contributed by atoms with E-state index in [9.17, 15) is 31.9 Å². The van der Waals surface area contributed by atoms with E-state index in [0.717, 1.165) is 18.2 Å². The molecule has 0 aliphatic carbocycles. The molecule has 1 heterocycles. The quantitative estimate of drug-likeness (QED) is 0.441. The van der Waals surface area contributed by atoms with E-state index in [2.05, 4.69) is 10.6 Å². The summed E-state index contributed by atoms with van der Waals surface area (Å²) in [4.78, 5) is 39.7. The SMILES string of the molecule is CC(C)(C)OC(=O)N1C[C@@H](NC(=O)COc2ccc(Cl)c(F)c2)CC[C@@H]1C(=O)NCc1ccc(C(F)(F)F)cc1. The maximum Gasteiger partial charge on any atom is 0.416 e. The fourth-order valence-electron chi connectivity index (χ4n) is 3.99. The number of ether oxygens (including phenoxy) is 2. The zero-order valence-corrected chi connectivity index (χ0v) is 22.9. The van der Waals surface area contributed by atoms with E-state index in [0.29, 0.717) is 12.0 Å². The summed E-state index contributed by atoms with van der Waals surface area (Å²) in [6.45, 7) is 4.52. The molecule has 2 aromatic rings. The molecule has 0 saturated carbocycles. The average molecular weight is 588 g/mol. The Hall–Kier alpha value is -3.54. The monoisotopic (exact) mass is 587 g/mol. The lowest BCUT2D eigenvalue weighted by Crippen LogP contribution is -2.59. The van der Waals surface area contributed by atoms with Crippen LogP contribution in [0.25, 0.3) is 0 Å². The Morgan fingerprint density at radius 1 is 1.05 bits per heavy atom. The van der Waals surface area contributed by atoms with E-state index in [1.807, 2.05) is 0 Å². The first-order chi connectivity index (χ1) is 18.6. The lowest BCUT2D eigenvalue weighted by molar-refractivity contribution is -0.137. The molecule has 0 radical (unpaired) electrons. The summed E-state index contributed by atoms with van der Waals surface area (Å²) in [6.07, 6.45) is -4.69. The zero-order chi connectivity index (χ0) is 29.7. The van der Waals surface area contributed by atoms with Gasteiger partial charge in [-0.2, -0.15) is 13.2 Å². The Balaban J connectivity index is 1.61. The van der Waals surface area contributed by atoms with Gasteiger partial charge in [0.1, 0.15) is 23.2 Å². The summed E-state index contributed by atoms with van der Waals surface area (Å²) in [5, 5.41) is 5.32. The molecule has 1 saturated heterocycles. The van der Waals surface area contributed by atoms with Crippen LogP contribution in [-0.4, -0.2) is 53.6 Å². The highest BCUT2D eigenvalue weighted by Crippen LogP contribution is 2.29. The number of carbonyl (C=O) groups excluding carboxylic acids is 3. The summed E-state index contributed by atoms with van der Waals surface area (Å²) < 4.78 is 62.8. The molecule has 2 N–H and O–H groups in total. The van der Waals surface area contributed by atoms with Gasteiger partial charge in [0.15, 0.2) is 6.61 Å². The number of rotatable bonds is 7. The van der Waals surface area contributed by atoms with Crippen LogP contribution in [0.5, 0.6) is 5.75 Å². The Bertz CT molecular complexity index is 1220. The van der Waals surface area contributed by atoms with Crippen molar-refractivity contribution in [2.45, 2.75) is 64.0 Å². The molecular weight excluding hydrogens is 558 g/mol. The number of likely N-dealkylation sites (tertiary alicyclic amines) is 1. The Morgan fingerprint density at radius 3 is 2.33 bits per heavy atom. The minimum Gasteiger partial charge on any atom is -0.484 e. The van der Waals surface area contributed by atoms with Crippen LogP contribution in [-0.2, 0) is 27.0 Å². The lowest BCUT2D eigenvalue weighted by atomic mass is 9.97. The third kappa shape index (κ3) is 9.00. The van der Waals surface area contributed by atoms with E-state index in [-0.39, 0.29) is 30.3 Å². The molecule has 1 fully saturated rings. The van der Waals surface area contributed by atoms with Crippen molar-refractivity contribution < 1.29 is 41.4 Å². The maximum absolute atomic E-state index is 13.6. The summed E-state index contributed by atoms with van der Waals surface area (Å²) in [6, 6.07) is 6.70. The van der Waals surface area contributed by atoms with E-state index < -0.39 is 59.8 Å². The van der Waals surface area contributed by atoms with Crippen LogP contribution in [0, 0.1) is 5.82 Å². The van der Waals surface area contributed by atoms with E-state index >= 15 is 0 Å². The number of nitrogens with zero attached hydrogens (tertiary/aromatic N) is 1. The van der Waals surface area contributed by atoms with E-state index in [4.69, 9.17) is 21.1 Å². The molecule has 3 rings (SSSR count). The van der Waals surface area contributed by atoms with Crippen LogP contribution in [0.2, 0.25) is 5.02 Å². The third-order valence-corrected chi connectivity index (χ3v) is 6.19. The highest BCUT2D eigenvalue weighted by atomic mass is 35.5. The molecule has 2 atom stereocenters. The van der Waals surface area contributed by atoms with Crippen LogP contribution in [0.15, 0.2) is 42.5 Å². The second-order valence-electron chi connectivity index (χ2n) is 10.3. The Kier molecular flexibility index (Phi) is 9.88. The molecule has 13 heteroatoms. The molecule has 8 nitrogen and oxygen atoms in total. The number of alkyl halides is 3. The minimum atomic E-state index is -4.47. The van der Waals surface area contributed by atoms with Crippen molar-refractivity contribution in [3.63, 3.8) is 0 Å². The number of piperidine rings is 1. The molecule has 40 heavy (non-hydrogen) atoms. The fourth-order valence-corrected chi connectivity index (χ4v) is 4.10. The van der Waals surface area contributed by atoms with Gasteiger partial charge in [0.2, 0.25) is 5.91 Å². The lowest BCUT2D eigenvalue weighted by Gasteiger charge is -2.39. The molecule has 1 aliphatic heterocycles. The van der Waals surface area contributed by atoms with Crippen molar-refractivity contribution in [1.82, 2.24) is 15.5 Å². The van der Waals surface area contributed by atoms with Gasteiger partial charge in [-0.25, -0.2) is 9.18 Å². The number of halogens is 5. The number of amides is 3. The summed E-state index contributed by atoms with van der Waals surface area (Å²) in [7, 11) is 0. The van der Waals surface area contributed by atoms with Crippen molar-refractivity contribution in [2.24, 2.45) is 0 Å². The second kappa shape index (κ2) is 12.8. The third-order valence-electron chi connectivity index (χ3n) is 5.89. The first-order valence-electron chi connectivity index (χ1n) is 12.4. The highest BCUT2D eigenvalue weighted by molar-refractivity contribution is 6.30. The summed E-state index contributed by atoms with van der Waals surface area (Å²) in [5.74, 6) is -1.61. The van der Waals surface area contributed by atoms with Crippen molar-refractivity contribution in [3.8, 4) is 5.75 Å². The van der Waals surface area contributed by atoms with Gasteiger partial charge in [0.25, 0.3) is 5.91 Å². The normalized spacial score (nSPS) is 17.6. The molecule has 1 aliphatic rings.